The molecule has 0 amide bonds. The van der Waals surface area contributed by atoms with Crippen molar-refractivity contribution < 1.29 is 19.4 Å². The van der Waals surface area contributed by atoms with Crippen LogP contribution in [0.3, 0.4) is 0 Å². The fraction of sp³-hybridized carbons (Fsp3) is 0.267. The van der Waals surface area contributed by atoms with E-state index in [0.29, 0.717) is 47.7 Å². The lowest BCUT2D eigenvalue weighted by Crippen LogP contribution is -2.36. The number of carboxylic acids is 1. The van der Waals surface area contributed by atoms with Gasteiger partial charge < -0.3 is 24.8 Å². The number of aromatic nitrogens is 3. The number of pyridine rings is 1. The van der Waals surface area contributed by atoms with Gasteiger partial charge in [-0.2, -0.15) is 0 Å². The molecule has 9 nitrogen and oxygen atoms in total. The molecule has 9 heteroatoms. The summed E-state index contributed by atoms with van der Waals surface area (Å²) in [7, 11) is 0. The van der Waals surface area contributed by atoms with Crippen molar-refractivity contribution in [3.05, 3.63) is 78.4 Å². The third-order valence-electron chi connectivity index (χ3n) is 7.35. The molecular weight excluding hydrogens is 494 g/mol. The molecule has 6 rings (SSSR count). The highest BCUT2D eigenvalue weighted by Gasteiger charge is 2.40. The van der Waals surface area contributed by atoms with E-state index in [4.69, 9.17) is 4.42 Å². The fourth-order valence-corrected chi connectivity index (χ4v) is 5.54. The number of nitrogens with one attached hydrogen (secondary N) is 1. The number of hydrogen-bond donors (Lipinski definition) is 3. The number of benzene rings is 2. The number of aryl methyl sites for hydroxylation is 2. The summed E-state index contributed by atoms with van der Waals surface area (Å²) in [6, 6.07) is 18.6. The summed E-state index contributed by atoms with van der Waals surface area (Å²) in [4.78, 5) is 27.6. The molecule has 1 aliphatic heterocycles. The van der Waals surface area contributed by atoms with E-state index >= 15 is 0 Å². The monoisotopic (exact) mass is 523 g/mol. The van der Waals surface area contributed by atoms with Crippen molar-refractivity contribution in [1.82, 2.24) is 15.0 Å². The van der Waals surface area contributed by atoms with Crippen molar-refractivity contribution in [2.75, 3.05) is 16.8 Å². The smallest absolute Gasteiger partial charge is 0.326 e. The van der Waals surface area contributed by atoms with Crippen LogP contribution in [0.25, 0.3) is 33.2 Å². The minimum Gasteiger partial charge on any atom is -0.480 e. The van der Waals surface area contributed by atoms with E-state index < -0.39 is 18.2 Å². The molecule has 5 aromatic rings. The first-order valence-electron chi connectivity index (χ1n) is 13.0. The zero-order valence-corrected chi connectivity index (χ0v) is 21.7. The number of fused-ring (bicyclic) bond motifs is 3. The van der Waals surface area contributed by atoms with Crippen LogP contribution in [0.1, 0.15) is 24.4 Å². The van der Waals surface area contributed by atoms with Gasteiger partial charge in [0.2, 0.25) is 0 Å². The molecule has 1 saturated heterocycles. The maximum Gasteiger partial charge on any atom is 0.326 e. The quantitative estimate of drug-likeness (QED) is 0.248. The molecule has 198 valence electrons. The summed E-state index contributed by atoms with van der Waals surface area (Å²) in [6.07, 6.45) is 1.71. The summed E-state index contributed by atoms with van der Waals surface area (Å²) in [5, 5.41) is 24.9. The Bertz CT molecular complexity index is 1670. The van der Waals surface area contributed by atoms with E-state index in [9.17, 15) is 15.0 Å². The number of nitrogens with zero attached hydrogens (tertiary/aromatic N) is 4. The molecule has 4 heterocycles. The third kappa shape index (κ3) is 4.77. The van der Waals surface area contributed by atoms with Crippen LogP contribution in [0, 0.1) is 19.8 Å². The van der Waals surface area contributed by atoms with Gasteiger partial charge >= 0.3 is 5.97 Å². The lowest BCUT2D eigenvalue weighted by molar-refractivity contribution is -0.138. The Balaban J connectivity index is 1.20. The maximum atomic E-state index is 12.3. The van der Waals surface area contributed by atoms with Crippen molar-refractivity contribution in [3.63, 3.8) is 0 Å². The van der Waals surface area contributed by atoms with Gasteiger partial charge in [0, 0.05) is 35.1 Å². The van der Waals surface area contributed by atoms with Crippen molar-refractivity contribution in [2.45, 2.75) is 39.0 Å². The van der Waals surface area contributed by atoms with Crippen LogP contribution in [0.15, 0.2) is 71.3 Å². The molecule has 3 aromatic heterocycles. The maximum absolute atomic E-state index is 12.3. The highest BCUT2D eigenvalue weighted by molar-refractivity contribution is 6.06. The van der Waals surface area contributed by atoms with E-state index in [0.717, 1.165) is 27.9 Å². The molecule has 0 spiro atoms. The number of carbonyl (C=O) groups is 1. The predicted octanol–water partition coefficient (Wildman–Crippen LogP) is 5.15. The SMILES string of the molecule is Cc1nc(N2C[C@@H](CC(O)Nc3ccc(-c4cccnc4C)cc3)C[C@H]2C(=O)O)c2oc3ccccc3c2n1. The van der Waals surface area contributed by atoms with Gasteiger partial charge in [-0.25, -0.2) is 14.8 Å². The predicted molar refractivity (Wildman–Crippen MR) is 150 cm³/mol. The van der Waals surface area contributed by atoms with Crippen LogP contribution in [0.5, 0.6) is 0 Å². The Morgan fingerprint density at radius 3 is 2.67 bits per heavy atom. The average Bonchev–Trinajstić information content (AvgIpc) is 3.51. The highest BCUT2D eigenvalue weighted by atomic mass is 16.4. The summed E-state index contributed by atoms with van der Waals surface area (Å²) >= 11 is 0. The van der Waals surface area contributed by atoms with Crippen molar-refractivity contribution >= 4 is 39.5 Å². The van der Waals surface area contributed by atoms with Crippen molar-refractivity contribution in [3.8, 4) is 11.1 Å². The van der Waals surface area contributed by atoms with Crippen molar-refractivity contribution in [2.24, 2.45) is 5.92 Å². The van der Waals surface area contributed by atoms with Gasteiger partial charge in [-0.1, -0.05) is 30.3 Å². The number of hydrogen-bond acceptors (Lipinski definition) is 8. The number of carboxylic acid groups (broad SMARTS) is 1. The fourth-order valence-electron chi connectivity index (χ4n) is 5.54. The summed E-state index contributed by atoms with van der Waals surface area (Å²) in [5.74, 6) is 0.0259. The first kappa shape index (κ1) is 24.8. The number of aliphatic hydroxyl groups excluding tert-OH is 1. The zero-order valence-electron chi connectivity index (χ0n) is 21.7. The molecule has 0 saturated carbocycles. The number of furan rings is 1. The Kier molecular flexibility index (Phi) is 6.36. The Morgan fingerprint density at radius 2 is 1.90 bits per heavy atom. The molecular formula is C30H29N5O4. The van der Waals surface area contributed by atoms with Gasteiger partial charge in [-0.3, -0.25) is 4.98 Å². The minimum atomic E-state index is -0.929. The van der Waals surface area contributed by atoms with E-state index in [2.05, 4.69) is 20.3 Å². The van der Waals surface area contributed by atoms with Gasteiger partial charge in [0.1, 0.15) is 29.2 Å². The van der Waals surface area contributed by atoms with Crippen LogP contribution in [-0.2, 0) is 4.79 Å². The standard InChI is InChI=1S/C30H29N5O4/c1-17-22(7-5-13-31-17)20-9-11-21(12-10-20)34-26(36)15-19-14-24(30(37)38)35(16-19)29-28-27(32-18(2)33-29)23-6-3-4-8-25(23)39-28/h3-13,19,24,26,34,36H,14-16H2,1-2H3,(H,37,38)/t19-,24+,26?/m1/s1. The molecule has 1 unspecified atom stereocenters. The van der Waals surface area contributed by atoms with Crippen LogP contribution in [0.4, 0.5) is 11.5 Å². The lowest BCUT2D eigenvalue weighted by atomic mass is 10.0. The van der Waals surface area contributed by atoms with E-state index in [1.54, 1.807) is 18.0 Å². The number of para-hydroxylation sites is 1. The topological polar surface area (TPSA) is 125 Å². The van der Waals surface area contributed by atoms with Crippen LogP contribution >= 0.6 is 0 Å². The molecule has 0 radical (unpaired) electrons. The highest BCUT2D eigenvalue weighted by Crippen LogP contribution is 2.38. The Labute approximate surface area is 225 Å². The second-order valence-electron chi connectivity index (χ2n) is 10.1. The zero-order chi connectivity index (χ0) is 27.1. The second kappa shape index (κ2) is 9.99. The molecule has 0 aliphatic carbocycles. The number of anilines is 2. The van der Waals surface area contributed by atoms with Crippen LogP contribution < -0.4 is 10.2 Å². The summed E-state index contributed by atoms with van der Waals surface area (Å²) in [5.41, 5.74) is 5.69. The third-order valence-corrected chi connectivity index (χ3v) is 7.35. The first-order chi connectivity index (χ1) is 18.9. The molecule has 3 N–H and O–H groups in total. The average molecular weight is 524 g/mol. The number of aliphatic carboxylic acids is 1. The number of aliphatic hydroxyl groups is 1. The van der Waals surface area contributed by atoms with Crippen LogP contribution in [-0.4, -0.2) is 49.9 Å². The number of rotatable bonds is 7. The van der Waals surface area contributed by atoms with E-state index in [-0.39, 0.29) is 5.92 Å². The molecule has 39 heavy (non-hydrogen) atoms. The van der Waals surface area contributed by atoms with Gasteiger partial charge in [-0.05, 0) is 68.5 Å². The molecule has 1 fully saturated rings. The summed E-state index contributed by atoms with van der Waals surface area (Å²) < 4.78 is 6.10. The van der Waals surface area contributed by atoms with E-state index in [1.165, 1.54) is 0 Å². The molecule has 1 aliphatic rings. The molecule has 2 aromatic carbocycles. The Hall–Kier alpha value is -4.50. The normalized spacial score (nSPS) is 18.1. The van der Waals surface area contributed by atoms with Crippen molar-refractivity contribution in [1.29, 1.82) is 0 Å². The molecule has 0 bridgehead atoms. The molecule has 3 atom stereocenters. The first-order valence-corrected chi connectivity index (χ1v) is 13.0. The van der Waals surface area contributed by atoms with Gasteiger partial charge in [0.25, 0.3) is 0 Å². The summed E-state index contributed by atoms with van der Waals surface area (Å²) in [6.45, 7) is 4.20. The largest absolute Gasteiger partial charge is 0.480 e. The second-order valence-corrected chi connectivity index (χ2v) is 10.1. The van der Waals surface area contributed by atoms with E-state index in [1.807, 2.05) is 67.6 Å². The Morgan fingerprint density at radius 1 is 1.10 bits per heavy atom. The van der Waals surface area contributed by atoms with Gasteiger partial charge in [0.15, 0.2) is 11.4 Å². The lowest BCUT2D eigenvalue weighted by Gasteiger charge is -2.23. The van der Waals surface area contributed by atoms with Gasteiger partial charge in [-0.15, -0.1) is 0 Å². The van der Waals surface area contributed by atoms with Gasteiger partial charge in [0.05, 0.1) is 0 Å². The van der Waals surface area contributed by atoms with Crippen LogP contribution in [0.2, 0.25) is 0 Å². The minimum absolute atomic E-state index is 0.0689.